The van der Waals surface area contributed by atoms with Crippen LogP contribution in [0, 0.1) is 6.92 Å². The van der Waals surface area contributed by atoms with Crippen molar-refractivity contribution in [3.05, 3.63) is 246 Å². The van der Waals surface area contributed by atoms with Crippen LogP contribution in [0.2, 0.25) is 0 Å². The molecule has 1 aliphatic carbocycles. The molecule has 0 radical (unpaired) electrons. The van der Waals surface area contributed by atoms with Gasteiger partial charge >= 0.3 is 0 Å². The fourth-order valence-corrected chi connectivity index (χ4v) is 9.70. The summed E-state index contributed by atoms with van der Waals surface area (Å²) in [7, 11) is 0. The molecule has 1 atom stereocenters. The van der Waals surface area contributed by atoms with Gasteiger partial charge in [0.15, 0.2) is 0 Å². The fraction of sp³-hybridized carbons (Fsp3) is 0.133. The van der Waals surface area contributed by atoms with Crippen LogP contribution in [0.15, 0.2) is 212 Å². The van der Waals surface area contributed by atoms with Gasteiger partial charge in [0.05, 0.1) is 0 Å². The highest BCUT2D eigenvalue weighted by Gasteiger charge is 2.36. The maximum absolute atomic E-state index is 2.51. The van der Waals surface area contributed by atoms with Crippen molar-refractivity contribution in [3.63, 3.8) is 0 Å². The second-order valence-electron chi connectivity index (χ2n) is 17.4. The van der Waals surface area contributed by atoms with Crippen molar-refractivity contribution >= 4 is 27.8 Å². The molecule has 0 aliphatic heterocycles. The van der Waals surface area contributed by atoms with Crippen LogP contribution >= 0.6 is 0 Å². The number of benzene rings is 9. The van der Waals surface area contributed by atoms with Crippen LogP contribution in [0.25, 0.3) is 44.2 Å². The minimum Gasteiger partial charge on any atom is -0.310 e. The van der Waals surface area contributed by atoms with E-state index in [-0.39, 0.29) is 5.41 Å². The number of hydrogen-bond acceptors (Lipinski definition) is 1. The normalized spacial score (nSPS) is 13.1. The number of hydrogen-bond donors (Lipinski definition) is 0. The van der Waals surface area contributed by atoms with E-state index in [1.807, 2.05) is 0 Å². The Morgan fingerprint density at radius 1 is 0.426 bits per heavy atom. The van der Waals surface area contributed by atoms with Gasteiger partial charge in [0.2, 0.25) is 0 Å². The van der Waals surface area contributed by atoms with Crippen LogP contribution in [0.3, 0.4) is 0 Å². The quantitative estimate of drug-likeness (QED) is 0.126. The van der Waals surface area contributed by atoms with E-state index in [1.54, 1.807) is 0 Å². The first kappa shape index (κ1) is 38.3. The molecule has 61 heavy (non-hydrogen) atoms. The topological polar surface area (TPSA) is 3.24 Å². The third kappa shape index (κ3) is 7.69. The van der Waals surface area contributed by atoms with Gasteiger partial charge in [0.25, 0.3) is 0 Å². The summed E-state index contributed by atoms with van der Waals surface area (Å²) >= 11 is 0. The zero-order chi connectivity index (χ0) is 41.3. The number of aryl methyl sites for hydroxylation is 2. The van der Waals surface area contributed by atoms with Crippen molar-refractivity contribution in [1.82, 2.24) is 0 Å². The molecule has 0 aromatic heterocycles. The monoisotopic (exact) mass is 785 g/mol. The first-order chi connectivity index (χ1) is 29.9. The molecule has 1 heteroatoms. The second kappa shape index (κ2) is 16.2. The Labute approximate surface area is 361 Å². The van der Waals surface area contributed by atoms with Crippen LogP contribution in [0.5, 0.6) is 0 Å². The molecule has 1 nitrogen and oxygen atoms in total. The second-order valence-corrected chi connectivity index (χ2v) is 17.4. The van der Waals surface area contributed by atoms with Gasteiger partial charge in [-0.15, -0.1) is 0 Å². The number of rotatable bonds is 11. The average Bonchev–Trinajstić information content (AvgIpc) is 3.53. The highest BCUT2D eigenvalue weighted by Crippen LogP contribution is 2.51. The summed E-state index contributed by atoms with van der Waals surface area (Å²) in [6.45, 7) is 7.00. The highest BCUT2D eigenvalue weighted by atomic mass is 15.1. The lowest BCUT2D eigenvalue weighted by Gasteiger charge is -2.28. The Morgan fingerprint density at radius 3 is 1.77 bits per heavy atom. The number of fused-ring (bicyclic) bond motifs is 4. The van der Waals surface area contributed by atoms with Gasteiger partial charge in [-0.25, -0.2) is 0 Å². The Hall–Kier alpha value is -6.96. The smallest absolute Gasteiger partial charge is 0.0465 e. The summed E-state index contributed by atoms with van der Waals surface area (Å²) in [5, 5.41) is 2.62. The van der Waals surface area contributed by atoms with Crippen LogP contribution < -0.4 is 4.90 Å². The van der Waals surface area contributed by atoms with Crippen molar-refractivity contribution in [2.75, 3.05) is 4.90 Å². The van der Waals surface area contributed by atoms with E-state index < -0.39 is 0 Å². The van der Waals surface area contributed by atoms with Crippen LogP contribution in [-0.2, 0) is 18.3 Å². The maximum atomic E-state index is 2.51. The molecule has 10 rings (SSSR count). The van der Waals surface area contributed by atoms with E-state index in [1.165, 1.54) is 83.2 Å². The summed E-state index contributed by atoms with van der Waals surface area (Å²) in [6.07, 6.45) is 3.16. The van der Waals surface area contributed by atoms with Gasteiger partial charge < -0.3 is 4.90 Å². The van der Waals surface area contributed by atoms with Gasteiger partial charge in [-0.1, -0.05) is 184 Å². The molecule has 9 aromatic rings. The molecule has 1 aliphatic rings. The zero-order valence-corrected chi connectivity index (χ0v) is 35.4. The average molecular weight is 786 g/mol. The molecule has 0 saturated heterocycles. The van der Waals surface area contributed by atoms with E-state index in [4.69, 9.17) is 0 Å². The first-order valence-corrected chi connectivity index (χ1v) is 21.8. The third-order valence-electron chi connectivity index (χ3n) is 13.0. The number of anilines is 3. The zero-order valence-electron chi connectivity index (χ0n) is 35.4. The van der Waals surface area contributed by atoms with Gasteiger partial charge in [-0.05, 0) is 152 Å². The maximum Gasteiger partial charge on any atom is 0.0465 e. The van der Waals surface area contributed by atoms with E-state index in [2.05, 4.69) is 238 Å². The van der Waals surface area contributed by atoms with E-state index in [0.29, 0.717) is 5.92 Å². The summed E-state index contributed by atoms with van der Waals surface area (Å²) in [5.41, 5.74) is 19.2. The molecule has 0 fully saturated rings. The van der Waals surface area contributed by atoms with Crippen molar-refractivity contribution < 1.29 is 0 Å². The molecule has 0 N–H and O–H groups in total. The highest BCUT2D eigenvalue weighted by molar-refractivity contribution is 5.87. The van der Waals surface area contributed by atoms with Gasteiger partial charge in [0.1, 0.15) is 0 Å². The summed E-state index contributed by atoms with van der Waals surface area (Å²) < 4.78 is 0. The van der Waals surface area contributed by atoms with Gasteiger partial charge in [-0.3, -0.25) is 0 Å². The predicted octanol–water partition coefficient (Wildman–Crippen LogP) is 16.2. The van der Waals surface area contributed by atoms with Crippen molar-refractivity contribution in [2.24, 2.45) is 0 Å². The van der Waals surface area contributed by atoms with Crippen molar-refractivity contribution in [2.45, 2.75) is 51.4 Å². The SMILES string of the molecule is Cc1cccc(N(c2ccc(-c3cccc(-c4ccccc4)c3)cc2)c2ccc3c(c2)C(C)(C)c2cc(CCC(Cc4ccc5ccccc5c4)c4ccccc4)ccc2-3)c1. The molecule has 0 saturated carbocycles. The molecule has 0 heterocycles. The Kier molecular flexibility index (Phi) is 10.2. The van der Waals surface area contributed by atoms with Gasteiger partial charge in [0, 0.05) is 22.5 Å². The lowest BCUT2D eigenvalue weighted by atomic mass is 9.81. The van der Waals surface area contributed by atoms with E-state index >= 15 is 0 Å². The summed E-state index contributed by atoms with van der Waals surface area (Å²) in [6, 6.07) is 78.6. The molecule has 1 unspecified atom stereocenters. The Bertz CT molecular complexity index is 2980. The predicted molar refractivity (Wildman–Crippen MR) is 259 cm³/mol. The lowest BCUT2D eigenvalue weighted by Crippen LogP contribution is -2.17. The minimum absolute atomic E-state index is 0.146. The Balaban J connectivity index is 0.934. The molecular formula is C60H51N. The van der Waals surface area contributed by atoms with Crippen molar-refractivity contribution in [3.8, 4) is 33.4 Å². The van der Waals surface area contributed by atoms with E-state index in [9.17, 15) is 0 Å². The first-order valence-electron chi connectivity index (χ1n) is 21.8. The van der Waals surface area contributed by atoms with Crippen LogP contribution in [-0.4, -0.2) is 0 Å². The molecule has 9 aromatic carbocycles. The summed E-state index contributed by atoms with van der Waals surface area (Å²) in [4.78, 5) is 2.42. The lowest BCUT2D eigenvalue weighted by molar-refractivity contribution is 0.619. The molecule has 0 spiro atoms. The van der Waals surface area contributed by atoms with Crippen LogP contribution in [0.4, 0.5) is 17.1 Å². The number of nitrogens with zero attached hydrogens (tertiary/aromatic N) is 1. The van der Waals surface area contributed by atoms with Crippen LogP contribution in [0.1, 0.15) is 59.6 Å². The largest absolute Gasteiger partial charge is 0.310 e. The molecule has 0 amide bonds. The van der Waals surface area contributed by atoms with E-state index in [0.717, 1.165) is 30.6 Å². The minimum atomic E-state index is -0.146. The fourth-order valence-electron chi connectivity index (χ4n) is 9.70. The molecule has 0 bridgehead atoms. The standard InChI is InChI=1S/C60H51N/c1-42-14-12-23-54(36-42)61(53-31-29-48(30-32-53)51-22-13-21-50(40-51)45-15-6-4-7-16-45)55-33-35-57-56-34-26-43(39-58(56)60(2,3)59(57)41-55)24-28-52(46-17-8-5-9-18-46)38-44-25-27-47-19-10-11-20-49(47)37-44/h4-23,25-27,29-37,39-41,52H,24,28,38H2,1-3H3. The summed E-state index contributed by atoms with van der Waals surface area (Å²) in [5.74, 6) is 0.435. The molecular weight excluding hydrogens is 735 g/mol. The van der Waals surface area contributed by atoms with Crippen molar-refractivity contribution in [1.29, 1.82) is 0 Å². The Morgan fingerprint density at radius 2 is 1.02 bits per heavy atom. The third-order valence-corrected chi connectivity index (χ3v) is 13.0. The van der Waals surface area contributed by atoms with Gasteiger partial charge in [-0.2, -0.15) is 0 Å². The molecule has 296 valence electrons.